The Hall–Kier alpha value is -2.73. The number of nitrogens with zero attached hydrogens (tertiary/aromatic N) is 2. The highest BCUT2D eigenvalue weighted by molar-refractivity contribution is 6.30. The van der Waals surface area contributed by atoms with Gasteiger partial charge in [0.2, 0.25) is 0 Å². The number of halogens is 2. The Labute approximate surface area is 199 Å². The van der Waals surface area contributed by atoms with Crippen molar-refractivity contribution in [2.45, 2.75) is 19.6 Å². The van der Waals surface area contributed by atoms with Crippen LogP contribution in [0, 0.1) is 12.7 Å². The van der Waals surface area contributed by atoms with Crippen molar-refractivity contribution in [3.8, 4) is 0 Å². The van der Waals surface area contributed by atoms with E-state index in [0.717, 1.165) is 30.8 Å². The van der Waals surface area contributed by atoms with Gasteiger partial charge in [-0.2, -0.15) is 0 Å². The van der Waals surface area contributed by atoms with Gasteiger partial charge in [0, 0.05) is 43.3 Å². The molecule has 4 rings (SSSR count). The van der Waals surface area contributed by atoms with Gasteiger partial charge in [0.25, 0.3) is 5.91 Å². The van der Waals surface area contributed by atoms with Crippen LogP contribution in [0.1, 0.15) is 33.2 Å². The van der Waals surface area contributed by atoms with Crippen molar-refractivity contribution < 1.29 is 13.9 Å². The van der Waals surface area contributed by atoms with Gasteiger partial charge in [-0.3, -0.25) is 9.69 Å². The monoisotopic (exact) mass is 466 g/mol. The van der Waals surface area contributed by atoms with E-state index in [1.165, 1.54) is 17.7 Å². The Kier molecular flexibility index (Phi) is 7.76. The number of carbonyl (C=O) groups excluding carboxylic acids is 1. The SMILES string of the molecule is Cc1cccc(COC(CN2CCN(C(=O)c3ccc(F)cc3)CC2)c2ccc(Cl)cc2)c1. The van der Waals surface area contributed by atoms with E-state index in [2.05, 4.69) is 30.0 Å². The van der Waals surface area contributed by atoms with E-state index in [0.29, 0.717) is 30.3 Å². The predicted octanol–water partition coefficient (Wildman–Crippen LogP) is 5.50. The lowest BCUT2D eigenvalue weighted by Crippen LogP contribution is -2.49. The van der Waals surface area contributed by atoms with Crippen LogP contribution in [0.2, 0.25) is 5.02 Å². The number of amides is 1. The molecule has 0 bridgehead atoms. The Balaban J connectivity index is 1.38. The second-order valence-electron chi connectivity index (χ2n) is 8.44. The van der Waals surface area contributed by atoms with Crippen molar-refractivity contribution in [3.05, 3.63) is 106 Å². The minimum atomic E-state index is -0.338. The molecule has 1 fully saturated rings. The lowest BCUT2D eigenvalue weighted by Gasteiger charge is -2.36. The maximum absolute atomic E-state index is 13.2. The summed E-state index contributed by atoms with van der Waals surface area (Å²) < 4.78 is 19.5. The van der Waals surface area contributed by atoms with E-state index < -0.39 is 0 Å². The summed E-state index contributed by atoms with van der Waals surface area (Å²) in [5.74, 6) is -0.394. The maximum atomic E-state index is 13.2. The summed E-state index contributed by atoms with van der Waals surface area (Å²) in [7, 11) is 0. The topological polar surface area (TPSA) is 32.8 Å². The van der Waals surface area contributed by atoms with Crippen LogP contribution in [0.15, 0.2) is 72.8 Å². The molecule has 4 nitrogen and oxygen atoms in total. The molecule has 1 atom stereocenters. The van der Waals surface area contributed by atoms with E-state index in [1.54, 1.807) is 12.1 Å². The first-order valence-corrected chi connectivity index (χ1v) is 11.6. The average molecular weight is 467 g/mol. The van der Waals surface area contributed by atoms with Gasteiger partial charge in [0.15, 0.2) is 0 Å². The molecule has 0 saturated carbocycles. The minimum absolute atomic E-state index is 0.0559. The summed E-state index contributed by atoms with van der Waals surface area (Å²) in [5.41, 5.74) is 3.95. The van der Waals surface area contributed by atoms with Gasteiger partial charge >= 0.3 is 0 Å². The van der Waals surface area contributed by atoms with Crippen molar-refractivity contribution >= 4 is 17.5 Å². The van der Waals surface area contributed by atoms with Crippen LogP contribution in [0.25, 0.3) is 0 Å². The molecule has 0 radical (unpaired) electrons. The molecule has 1 amide bonds. The quantitative estimate of drug-likeness (QED) is 0.460. The predicted molar refractivity (Wildman–Crippen MR) is 129 cm³/mol. The van der Waals surface area contributed by atoms with Gasteiger partial charge in [-0.25, -0.2) is 4.39 Å². The van der Waals surface area contributed by atoms with Crippen molar-refractivity contribution in [1.82, 2.24) is 9.80 Å². The highest BCUT2D eigenvalue weighted by Gasteiger charge is 2.25. The van der Waals surface area contributed by atoms with Crippen LogP contribution in [-0.4, -0.2) is 48.4 Å². The van der Waals surface area contributed by atoms with E-state index in [-0.39, 0.29) is 17.8 Å². The molecule has 3 aromatic carbocycles. The third kappa shape index (κ3) is 6.41. The molecular formula is C27H28ClFN2O2. The van der Waals surface area contributed by atoms with Crippen LogP contribution < -0.4 is 0 Å². The summed E-state index contributed by atoms with van der Waals surface area (Å²) in [6.07, 6.45) is -0.109. The van der Waals surface area contributed by atoms with Crippen molar-refractivity contribution in [1.29, 1.82) is 0 Å². The lowest BCUT2D eigenvalue weighted by molar-refractivity contribution is 0.00341. The standard InChI is InChI=1S/C27H28ClFN2O2/c1-20-3-2-4-21(17-20)19-33-26(22-5-9-24(28)10-6-22)18-30-13-15-31(16-14-30)27(32)23-7-11-25(29)12-8-23/h2-12,17,26H,13-16,18-19H2,1H3. The van der Waals surface area contributed by atoms with Crippen LogP contribution in [-0.2, 0) is 11.3 Å². The van der Waals surface area contributed by atoms with Gasteiger partial charge in [-0.1, -0.05) is 53.6 Å². The normalized spacial score (nSPS) is 15.4. The number of rotatable bonds is 7. The van der Waals surface area contributed by atoms with Crippen LogP contribution in [0.5, 0.6) is 0 Å². The average Bonchev–Trinajstić information content (AvgIpc) is 2.83. The highest BCUT2D eigenvalue weighted by atomic mass is 35.5. The first kappa shape index (κ1) is 23.4. The molecule has 0 aromatic heterocycles. The third-order valence-corrected chi connectivity index (χ3v) is 6.20. The third-order valence-electron chi connectivity index (χ3n) is 5.95. The summed E-state index contributed by atoms with van der Waals surface area (Å²) in [4.78, 5) is 16.9. The molecule has 0 N–H and O–H groups in total. The first-order chi connectivity index (χ1) is 16.0. The number of hydrogen-bond donors (Lipinski definition) is 0. The minimum Gasteiger partial charge on any atom is -0.368 e. The smallest absolute Gasteiger partial charge is 0.253 e. The fraction of sp³-hybridized carbons (Fsp3) is 0.296. The van der Waals surface area contributed by atoms with E-state index in [1.807, 2.05) is 35.2 Å². The number of benzene rings is 3. The second kappa shape index (κ2) is 10.9. The Morgan fingerprint density at radius 1 is 1.00 bits per heavy atom. The number of carbonyl (C=O) groups is 1. The Morgan fingerprint density at radius 3 is 2.36 bits per heavy atom. The molecule has 3 aromatic rings. The zero-order valence-corrected chi connectivity index (χ0v) is 19.5. The number of hydrogen-bond acceptors (Lipinski definition) is 3. The van der Waals surface area contributed by atoms with Crippen LogP contribution >= 0.6 is 11.6 Å². The summed E-state index contributed by atoms with van der Waals surface area (Å²) in [5, 5.41) is 0.698. The summed E-state index contributed by atoms with van der Waals surface area (Å²) in [6.45, 7) is 6.09. The van der Waals surface area contributed by atoms with E-state index >= 15 is 0 Å². The molecule has 0 aliphatic carbocycles. The highest BCUT2D eigenvalue weighted by Crippen LogP contribution is 2.24. The van der Waals surface area contributed by atoms with Gasteiger partial charge in [0.1, 0.15) is 5.82 Å². The molecule has 1 aliphatic heterocycles. The Morgan fingerprint density at radius 2 is 1.70 bits per heavy atom. The van der Waals surface area contributed by atoms with Gasteiger partial charge in [-0.05, 0) is 54.4 Å². The number of ether oxygens (including phenoxy) is 1. The van der Waals surface area contributed by atoms with Crippen LogP contribution in [0.4, 0.5) is 4.39 Å². The van der Waals surface area contributed by atoms with Gasteiger partial charge in [-0.15, -0.1) is 0 Å². The van der Waals surface area contributed by atoms with Crippen LogP contribution in [0.3, 0.4) is 0 Å². The molecule has 172 valence electrons. The summed E-state index contributed by atoms with van der Waals surface area (Å²) >= 11 is 6.09. The fourth-order valence-corrected chi connectivity index (χ4v) is 4.20. The van der Waals surface area contributed by atoms with Crippen molar-refractivity contribution in [3.63, 3.8) is 0 Å². The maximum Gasteiger partial charge on any atom is 0.253 e. The first-order valence-electron chi connectivity index (χ1n) is 11.2. The van der Waals surface area contributed by atoms with Gasteiger partial charge in [0.05, 0.1) is 12.7 Å². The molecule has 1 heterocycles. The van der Waals surface area contributed by atoms with Crippen molar-refractivity contribution in [2.75, 3.05) is 32.7 Å². The molecule has 1 aliphatic rings. The van der Waals surface area contributed by atoms with Crippen molar-refractivity contribution in [2.24, 2.45) is 0 Å². The fourth-order valence-electron chi connectivity index (χ4n) is 4.07. The van der Waals surface area contributed by atoms with E-state index in [4.69, 9.17) is 16.3 Å². The van der Waals surface area contributed by atoms with Gasteiger partial charge < -0.3 is 9.64 Å². The number of aryl methyl sites for hydroxylation is 1. The molecule has 0 spiro atoms. The number of piperazine rings is 1. The Bertz CT molecular complexity index is 1060. The molecule has 1 saturated heterocycles. The zero-order chi connectivity index (χ0) is 23.2. The second-order valence-corrected chi connectivity index (χ2v) is 8.88. The summed E-state index contributed by atoms with van der Waals surface area (Å²) in [6, 6.07) is 21.9. The molecule has 6 heteroatoms. The zero-order valence-electron chi connectivity index (χ0n) is 18.7. The largest absolute Gasteiger partial charge is 0.368 e. The molecule has 1 unspecified atom stereocenters. The molecule has 33 heavy (non-hydrogen) atoms. The lowest BCUT2D eigenvalue weighted by atomic mass is 10.1. The van der Waals surface area contributed by atoms with E-state index in [9.17, 15) is 9.18 Å². The molecular weight excluding hydrogens is 439 g/mol.